The molecule has 2 rings (SSSR count). The molecule has 0 heterocycles. The highest BCUT2D eigenvalue weighted by Gasteiger charge is 2.05. The van der Waals surface area contributed by atoms with Gasteiger partial charge in [-0.3, -0.25) is 0 Å². The molecule has 0 bridgehead atoms. The summed E-state index contributed by atoms with van der Waals surface area (Å²) in [5.74, 6) is 0. The molecule has 0 spiro atoms. The van der Waals surface area contributed by atoms with E-state index in [4.69, 9.17) is 17.3 Å². The van der Waals surface area contributed by atoms with Crippen molar-refractivity contribution >= 4 is 28.7 Å². The summed E-state index contributed by atoms with van der Waals surface area (Å²) in [4.78, 5) is 0. The number of halogens is 1. The molecule has 0 aromatic heterocycles. The molecule has 0 unspecified atom stereocenters. The summed E-state index contributed by atoms with van der Waals surface area (Å²) in [6, 6.07) is 9.78. The number of nitrogens with two attached hydrogens (primary N) is 1. The summed E-state index contributed by atoms with van der Waals surface area (Å²) in [7, 11) is 0. The number of aryl methyl sites for hydroxylation is 3. The third-order valence-corrected chi connectivity index (χ3v) is 3.36. The molecule has 2 aromatic carbocycles. The van der Waals surface area contributed by atoms with Crippen molar-refractivity contribution in [2.24, 2.45) is 0 Å². The molecule has 2 nitrogen and oxygen atoms in total. The molecule has 3 heteroatoms. The summed E-state index contributed by atoms with van der Waals surface area (Å²) < 4.78 is 0. The van der Waals surface area contributed by atoms with Gasteiger partial charge in [-0.05, 0) is 61.7 Å². The smallest absolute Gasteiger partial charge is 0.0619 e. The maximum absolute atomic E-state index is 5.94. The summed E-state index contributed by atoms with van der Waals surface area (Å²) in [6.07, 6.45) is 0. The number of hydrogen-bond acceptors (Lipinski definition) is 2. The van der Waals surface area contributed by atoms with E-state index in [1.807, 2.05) is 12.1 Å². The molecule has 0 saturated heterocycles. The SMILES string of the molecule is Cc1cc(C)c(Nc2ccc(Cl)cc2N)cc1C. The van der Waals surface area contributed by atoms with Gasteiger partial charge in [0.05, 0.1) is 11.4 Å². The first kappa shape index (κ1) is 12.8. The number of nitrogen functional groups attached to an aromatic ring is 1. The molecule has 0 aliphatic rings. The Morgan fingerprint density at radius 1 is 0.889 bits per heavy atom. The summed E-state index contributed by atoms with van der Waals surface area (Å²) in [5, 5.41) is 4.00. The lowest BCUT2D eigenvalue weighted by atomic mass is 10.0. The standard InChI is InChI=1S/C15H17ClN2/c1-9-6-11(3)15(7-10(9)2)18-14-5-4-12(16)8-13(14)17/h4-8,18H,17H2,1-3H3. The van der Waals surface area contributed by atoms with E-state index >= 15 is 0 Å². The van der Waals surface area contributed by atoms with E-state index in [1.165, 1.54) is 16.7 Å². The zero-order valence-electron chi connectivity index (χ0n) is 10.8. The van der Waals surface area contributed by atoms with Gasteiger partial charge in [-0.15, -0.1) is 0 Å². The highest BCUT2D eigenvalue weighted by atomic mass is 35.5. The normalized spacial score (nSPS) is 10.4. The largest absolute Gasteiger partial charge is 0.397 e. The minimum atomic E-state index is 0.648. The average molecular weight is 261 g/mol. The van der Waals surface area contributed by atoms with Crippen LogP contribution < -0.4 is 11.1 Å². The molecule has 0 saturated carbocycles. The Kier molecular flexibility index (Phi) is 3.48. The number of hydrogen-bond donors (Lipinski definition) is 2. The van der Waals surface area contributed by atoms with Gasteiger partial charge in [-0.25, -0.2) is 0 Å². The van der Waals surface area contributed by atoms with Crippen molar-refractivity contribution in [1.82, 2.24) is 0 Å². The first-order valence-corrected chi connectivity index (χ1v) is 6.25. The Hall–Kier alpha value is -1.67. The monoisotopic (exact) mass is 260 g/mol. The third kappa shape index (κ3) is 2.59. The lowest BCUT2D eigenvalue weighted by molar-refractivity contribution is 1.29. The first-order chi connectivity index (χ1) is 8.47. The van der Waals surface area contributed by atoms with Crippen molar-refractivity contribution in [3.05, 3.63) is 52.0 Å². The fourth-order valence-electron chi connectivity index (χ4n) is 1.89. The molecule has 0 atom stereocenters. The number of anilines is 3. The molecular weight excluding hydrogens is 244 g/mol. The van der Waals surface area contributed by atoms with E-state index in [0.717, 1.165) is 11.4 Å². The van der Waals surface area contributed by atoms with E-state index in [1.54, 1.807) is 6.07 Å². The van der Waals surface area contributed by atoms with Crippen LogP contribution in [0.25, 0.3) is 0 Å². The molecule has 94 valence electrons. The van der Waals surface area contributed by atoms with Crippen LogP contribution in [0.15, 0.2) is 30.3 Å². The Labute approximate surface area is 113 Å². The molecule has 3 N–H and O–H groups in total. The van der Waals surface area contributed by atoms with Gasteiger partial charge in [0.2, 0.25) is 0 Å². The second kappa shape index (κ2) is 4.91. The van der Waals surface area contributed by atoms with Crippen LogP contribution in [-0.4, -0.2) is 0 Å². The van der Waals surface area contributed by atoms with Crippen LogP contribution in [0.5, 0.6) is 0 Å². The topological polar surface area (TPSA) is 38.0 Å². The van der Waals surface area contributed by atoms with Gasteiger partial charge >= 0.3 is 0 Å². The molecule has 0 radical (unpaired) electrons. The van der Waals surface area contributed by atoms with E-state index < -0.39 is 0 Å². The fraction of sp³-hybridized carbons (Fsp3) is 0.200. The van der Waals surface area contributed by atoms with Crippen molar-refractivity contribution in [3.8, 4) is 0 Å². The molecular formula is C15H17ClN2. The number of nitrogens with one attached hydrogen (secondary N) is 1. The van der Waals surface area contributed by atoms with Crippen LogP contribution in [0, 0.1) is 20.8 Å². The van der Waals surface area contributed by atoms with Crippen LogP contribution in [0.4, 0.5) is 17.1 Å². The fourth-order valence-corrected chi connectivity index (χ4v) is 2.07. The summed E-state index contributed by atoms with van der Waals surface area (Å²) in [5.41, 5.74) is 12.3. The zero-order valence-corrected chi connectivity index (χ0v) is 11.6. The quantitative estimate of drug-likeness (QED) is 0.775. The molecule has 0 fully saturated rings. The Morgan fingerprint density at radius 3 is 2.22 bits per heavy atom. The van der Waals surface area contributed by atoms with Crippen LogP contribution in [-0.2, 0) is 0 Å². The molecule has 18 heavy (non-hydrogen) atoms. The van der Waals surface area contributed by atoms with E-state index in [2.05, 4.69) is 38.2 Å². The van der Waals surface area contributed by atoms with Crippen molar-refractivity contribution < 1.29 is 0 Å². The van der Waals surface area contributed by atoms with Gasteiger partial charge in [-0.2, -0.15) is 0 Å². The Bertz CT molecular complexity index is 591. The van der Waals surface area contributed by atoms with E-state index in [9.17, 15) is 0 Å². The van der Waals surface area contributed by atoms with Crippen molar-refractivity contribution in [2.75, 3.05) is 11.1 Å². The summed E-state index contributed by atoms with van der Waals surface area (Å²) in [6.45, 7) is 6.30. The summed E-state index contributed by atoms with van der Waals surface area (Å²) >= 11 is 5.89. The molecule has 0 amide bonds. The maximum Gasteiger partial charge on any atom is 0.0619 e. The van der Waals surface area contributed by atoms with E-state index in [0.29, 0.717) is 10.7 Å². The van der Waals surface area contributed by atoms with E-state index in [-0.39, 0.29) is 0 Å². The second-order valence-corrected chi connectivity index (χ2v) is 5.04. The van der Waals surface area contributed by atoms with Crippen molar-refractivity contribution in [3.63, 3.8) is 0 Å². The van der Waals surface area contributed by atoms with Crippen LogP contribution in [0.1, 0.15) is 16.7 Å². The lowest BCUT2D eigenvalue weighted by Gasteiger charge is -2.14. The lowest BCUT2D eigenvalue weighted by Crippen LogP contribution is -1.99. The van der Waals surface area contributed by atoms with Crippen LogP contribution in [0.3, 0.4) is 0 Å². The third-order valence-electron chi connectivity index (χ3n) is 3.12. The Morgan fingerprint density at radius 2 is 1.56 bits per heavy atom. The molecule has 0 aliphatic heterocycles. The van der Waals surface area contributed by atoms with Gasteiger partial charge in [0.25, 0.3) is 0 Å². The zero-order chi connectivity index (χ0) is 13.3. The highest BCUT2D eigenvalue weighted by Crippen LogP contribution is 2.29. The van der Waals surface area contributed by atoms with Gasteiger partial charge < -0.3 is 11.1 Å². The molecule has 2 aromatic rings. The second-order valence-electron chi connectivity index (χ2n) is 4.61. The van der Waals surface area contributed by atoms with Gasteiger partial charge in [0.15, 0.2) is 0 Å². The predicted molar refractivity (Wildman–Crippen MR) is 79.8 cm³/mol. The number of benzene rings is 2. The number of rotatable bonds is 2. The van der Waals surface area contributed by atoms with Crippen LogP contribution >= 0.6 is 11.6 Å². The minimum absolute atomic E-state index is 0.648. The minimum Gasteiger partial charge on any atom is -0.397 e. The van der Waals surface area contributed by atoms with Gasteiger partial charge in [0, 0.05) is 10.7 Å². The van der Waals surface area contributed by atoms with Gasteiger partial charge in [-0.1, -0.05) is 17.7 Å². The first-order valence-electron chi connectivity index (χ1n) is 5.87. The maximum atomic E-state index is 5.94. The highest BCUT2D eigenvalue weighted by molar-refractivity contribution is 6.31. The van der Waals surface area contributed by atoms with Crippen molar-refractivity contribution in [1.29, 1.82) is 0 Å². The molecule has 0 aliphatic carbocycles. The van der Waals surface area contributed by atoms with Gasteiger partial charge in [0.1, 0.15) is 0 Å². The van der Waals surface area contributed by atoms with Crippen LogP contribution in [0.2, 0.25) is 5.02 Å². The van der Waals surface area contributed by atoms with Crippen molar-refractivity contribution in [2.45, 2.75) is 20.8 Å². The Balaban J connectivity index is 2.37. The predicted octanol–water partition coefficient (Wildman–Crippen LogP) is 4.59. The average Bonchev–Trinajstić information content (AvgIpc) is 2.29.